The fourth-order valence-electron chi connectivity index (χ4n) is 2.38. The SMILES string of the molecule is O=C(O)CCCN1CCC(n2cc(Br)cn2)CC1. The number of hydrogen-bond donors (Lipinski definition) is 1. The van der Waals surface area contributed by atoms with Gasteiger partial charge in [-0.25, -0.2) is 0 Å². The first-order valence-corrected chi connectivity index (χ1v) is 7.08. The summed E-state index contributed by atoms with van der Waals surface area (Å²) in [6, 6.07) is 0.479. The van der Waals surface area contributed by atoms with Gasteiger partial charge in [-0.15, -0.1) is 0 Å². The van der Waals surface area contributed by atoms with E-state index in [1.165, 1.54) is 0 Å². The molecule has 1 aromatic rings. The number of hydrogen-bond acceptors (Lipinski definition) is 3. The maximum Gasteiger partial charge on any atom is 0.303 e. The van der Waals surface area contributed by atoms with E-state index in [0.717, 1.165) is 43.4 Å². The van der Waals surface area contributed by atoms with Crippen LogP contribution >= 0.6 is 15.9 Å². The summed E-state index contributed by atoms with van der Waals surface area (Å²) in [5.41, 5.74) is 0. The van der Waals surface area contributed by atoms with Crippen LogP contribution in [0.3, 0.4) is 0 Å². The molecule has 2 heterocycles. The van der Waals surface area contributed by atoms with Crippen LogP contribution in [0.25, 0.3) is 0 Å². The lowest BCUT2D eigenvalue weighted by Crippen LogP contribution is -2.35. The van der Waals surface area contributed by atoms with Gasteiger partial charge in [-0.05, 0) is 41.7 Å². The van der Waals surface area contributed by atoms with Gasteiger partial charge in [-0.2, -0.15) is 5.10 Å². The second-order valence-corrected chi connectivity index (χ2v) is 5.62. The van der Waals surface area contributed by atoms with Crippen LogP contribution in [0.5, 0.6) is 0 Å². The molecule has 2 rings (SSSR count). The monoisotopic (exact) mass is 315 g/mol. The Kier molecular flexibility index (Phi) is 4.77. The lowest BCUT2D eigenvalue weighted by molar-refractivity contribution is -0.137. The Morgan fingerprint density at radius 1 is 1.50 bits per heavy atom. The Hall–Kier alpha value is -0.880. The third-order valence-electron chi connectivity index (χ3n) is 3.37. The first-order valence-electron chi connectivity index (χ1n) is 6.29. The molecule has 1 aliphatic heterocycles. The average Bonchev–Trinajstić information content (AvgIpc) is 2.76. The molecule has 0 bridgehead atoms. The molecule has 5 nitrogen and oxygen atoms in total. The molecular weight excluding hydrogens is 298 g/mol. The zero-order valence-electron chi connectivity index (χ0n) is 10.3. The van der Waals surface area contributed by atoms with Crippen LogP contribution in [0.15, 0.2) is 16.9 Å². The van der Waals surface area contributed by atoms with E-state index in [2.05, 4.69) is 25.9 Å². The first-order chi connectivity index (χ1) is 8.65. The van der Waals surface area contributed by atoms with Crippen molar-refractivity contribution < 1.29 is 9.90 Å². The molecule has 1 N–H and O–H groups in total. The summed E-state index contributed by atoms with van der Waals surface area (Å²) < 4.78 is 3.05. The highest BCUT2D eigenvalue weighted by atomic mass is 79.9. The van der Waals surface area contributed by atoms with Crippen molar-refractivity contribution in [1.82, 2.24) is 14.7 Å². The number of aromatic nitrogens is 2. The second-order valence-electron chi connectivity index (χ2n) is 4.71. The predicted molar refractivity (Wildman–Crippen MR) is 71.5 cm³/mol. The predicted octanol–water partition coefficient (Wildman–Crippen LogP) is 2.15. The van der Waals surface area contributed by atoms with Gasteiger partial charge in [0.2, 0.25) is 0 Å². The molecule has 0 radical (unpaired) electrons. The molecule has 1 aromatic heterocycles. The van der Waals surface area contributed by atoms with Crippen molar-refractivity contribution in [3.8, 4) is 0 Å². The smallest absolute Gasteiger partial charge is 0.303 e. The number of piperidine rings is 1. The van der Waals surface area contributed by atoms with E-state index in [0.29, 0.717) is 6.04 Å². The van der Waals surface area contributed by atoms with Gasteiger partial charge in [-0.1, -0.05) is 0 Å². The Bertz CT molecular complexity index is 400. The van der Waals surface area contributed by atoms with Crippen molar-refractivity contribution in [3.63, 3.8) is 0 Å². The first kappa shape index (κ1) is 13.5. The van der Waals surface area contributed by atoms with Crippen LogP contribution < -0.4 is 0 Å². The van der Waals surface area contributed by atoms with E-state index >= 15 is 0 Å². The van der Waals surface area contributed by atoms with Gasteiger partial charge in [0.25, 0.3) is 0 Å². The van der Waals surface area contributed by atoms with Gasteiger partial charge < -0.3 is 10.0 Å². The number of aliphatic carboxylic acids is 1. The zero-order chi connectivity index (χ0) is 13.0. The minimum Gasteiger partial charge on any atom is -0.481 e. The normalized spacial score (nSPS) is 18.1. The molecule has 18 heavy (non-hydrogen) atoms. The minimum atomic E-state index is -0.703. The minimum absolute atomic E-state index is 0.270. The molecule has 0 amide bonds. The summed E-state index contributed by atoms with van der Waals surface area (Å²) in [5.74, 6) is -0.703. The van der Waals surface area contributed by atoms with Crippen molar-refractivity contribution in [3.05, 3.63) is 16.9 Å². The summed E-state index contributed by atoms with van der Waals surface area (Å²) in [6.07, 6.45) is 7.02. The maximum atomic E-state index is 10.4. The van der Waals surface area contributed by atoms with E-state index in [1.54, 1.807) is 0 Å². The number of carboxylic acid groups (broad SMARTS) is 1. The number of nitrogens with zero attached hydrogens (tertiary/aromatic N) is 3. The number of carboxylic acids is 1. The lowest BCUT2D eigenvalue weighted by atomic mass is 10.1. The zero-order valence-corrected chi connectivity index (χ0v) is 11.8. The van der Waals surface area contributed by atoms with Crippen molar-refractivity contribution in [2.75, 3.05) is 19.6 Å². The Balaban J connectivity index is 1.73. The highest BCUT2D eigenvalue weighted by Crippen LogP contribution is 2.23. The summed E-state index contributed by atoms with van der Waals surface area (Å²) in [5, 5.41) is 12.9. The second kappa shape index (κ2) is 6.33. The van der Waals surface area contributed by atoms with Gasteiger partial charge >= 0.3 is 5.97 Å². The molecule has 1 aliphatic rings. The van der Waals surface area contributed by atoms with Crippen LogP contribution in [0.4, 0.5) is 0 Å². The largest absolute Gasteiger partial charge is 0.481 e. The van der Waals surface area contributed by atoms with Crippen LogP contribution in [0, 0.1) is 0 Å². The fourth-order valence-corrected chi connectivity index (χ4v) is 2.68. The summed E-state index contributed by atoms with van der Waals surface area (Å²) in [4.78, 5) is 12.8. The van der Waals surface area contributed by atoms with E-state index in [1.807, 2.05) is 17.1 Å². The molecule has 6 heteroatoms. The molecule has 0 unspecified atom stereocenters. The van der Waals surface area contributed by atoms with Crippen molar-refractivity contribution >= 4 is 21.9 Å². The Morgan fingerprint density at radius 3 is 2.78 bits per heavy atom. The van der Waals surface area contributed by atoms with Gasteiger partial charge in [0.05, 0.1) is 16.7 Å². The van der Waals surface area contributed by atoms with Crippen LogP contribution in [-0.2, 0) is 4.79 Å². The van der Waals surface area contributed by atoms with E-state index < -0.39 is 5.97 Å². The number of halogens is 1. The van der Waals surface area contributed by atoms with Gasteiger partial charge in [0.15, 0.2) is 0 Å². The Morgan fingerprint density at radius 2 is 2.22 bits per heavy atom. The topological polar surface area (TPSA) is 58.4 Å². The average molecular weight is 316 g/mol. The molecule has 1 fully saturated rings. The molecule has 1 saturated heterocycles. The Labute approximate surface area is 115 Å². The van der Waals surface area contributed by atoms with Crippen LogP contribution in [0.2, 0.25) is 0 Å². The van der Waals surface area contributed by atoms with Crippen molar-refractivity contribution in [2.24, 2.45) is 0 Å². The van der Waals surface area contributed by atoms with Crippen molar-refractivity contribution in [2.45, 2.75) is 31.7 Å². The summed E-state index contributed by atoms with van der Waals surface area (Å²) in [6.45, 7) is 2.95. The lowest BCUT2D eigenvalue weighted by Gasteiger charge is -2.31. The van der Waals surface area contributed by atoms with Gasteiger partial charge in [0.1, 0.15) is 0 Å². The third kappa shape index (κ3) is 3.81. The molecule has 0 aliphatic carbocycles. The summed E-state index contributed by atoms with van der Waals surface area (Å²) >= 11 is 3.41. The molecule has 0 aromatic carbocycles. The quantitative estimate of drug-likeness (QED) is 0.904. The molecular formula is C12H18BrN3O2. The van der Waals surface area contributed by atoms with Crippen LogP contribution in [-0.4, -0.2) is 45.4 Å². The highest BCUT2D eigenvalue weighted by molar-refractivity contribution is 9.10. The molecule has 0 atom stereocenters. The standard InChI is InChI=1S/C12H18BrN3O2/c13-10-8-14-16(9-10)11-3-6-15(7-4-11)5-1-2-12(17)18/h8-9,11H,1-7H2,(H,17,18). The molecule has 0 saturated carbocycles. The van der Waals surface area contributed by atoms with Gasteiger partial charge in [0, 0.05) is 25.7 Å². The number of likely N-dealkylation sites (tertiary alicyclic amines) is 1. The highest BCUT2D eigenvalue weighted by Gasteiger charge is 2.20. The number of carbonyl (C=O) groups is 1. The van der Waals surface area contributed by atoms with E-state index in [4.69, 9.17) is 5.11 Å². The van der Waals surface area contributed by atoms with Gasteiger partial charge in [-0.3, -0.25) is 9.48 Å². The third-order valence-corrected chi connectivity index (χ3v) is 3.78. The van der Waals surface area contributed by atoms with Crippen LogP contribution in [0.1, 0.15) is 31.7 Å². The van der Waals surface area contributed by atoms with Crippen molar-refractivity contribution in [1.29, 1.82) is 0 Å². The van der Waals surface area contributed by atoms with E-state index in [9.17, 15) is 4.79 Å². The number of rotatable bonds is 5. The molecule has 100 valence electrons. The van der Waals surface area contributed by atoms with E-state index in [-0.39, 0.29) is 6.42 Å². The fraction of sp³-hybridized carbons (Fsp3) is 0.667. The summed E-state index contributed by atoms with van der Waals surface area (Å²) in [7, 11) is 0. The maximum absolute atomic E-state index is 10.4. The molecule has 0 spiro atoms.